The van der Waals surface area contributed by atoms with Crippen LogP contribution in [-0.4, -0.2) is 144 Å². The number of carbonyl (C=O) groups is 2. The fraction of sp³-hybridized carbons (Fsp3) is 0.895. The van der Waals surface area contributed by atoms with E-state index in [1.165, 1.54) is 0 Å². The summed E-state index contributed by atoms with van der Waals surface area (Å²) in [5.74, 6) is -2.13. The molecule has 0 amide bonds. The van der Waals surface area contributed by atoms with Crippen molar-refractivity contribution in [3.05, 3.63) is 0 Å². The van der Waals surface area contributed by atoms with Crippen molar-refractivity contribution in [1.29, 1.82) is 0 Å². The van der Waals surface area contributed by atoms with E-state index in [4.69, 9.17) is 0 Å². The Hall–Kier alpha value is -0.0153. The van der Waals surface area contributed by atoms with E-state index in [0.717, 1.165) is 0 Å². The van der Waals surface area contributed by atoms with Crippen LogP contribution in [-0.2, 0) is 9.59 Å². The quantitative estimate of drug-likeness (QED) is 0.239. The second kappa shape index (κ2) is 16.6. The molecule has 1 aliphatic rings. The third kappa shape index (κ3) is 12.1. The zero-order chi connectivity index (χ0) is 22.7. The first kappa shape index (κ1) is 31.0. The molecule has 1 rings (SSSR count). The van der Waals surface area contributed by atoms with Crippen LogP contribution in [0, 0.1) is 39.9 Å². The maximum atomic E-state index is 12.2. The summed E-state index contributed by atoms with van der Waals surface area (Å²) in [4.78, 5) is 29.8. The first-order valence-electron chi connectivity index (χ1n) is 10.4. The molecule has 12 heteroatoms. The molecule has 3 N–H and O–H groups in total. The summed E-state index contributed by atoms with van der Waals surface area (Å²) in [6.07, 6.45) is -1.41. The SMILES string of the molecule is CC(C)N1CCN(CC(=O)[O-])CCN([C@@H](CO)[C@@H]([O-])CO)CCN(CC(=O)O)CC1.[Gd+3]. The summed E-state index contributed by atoms with van der Waals surface area (Å²) in [5, 5.41) is 51.5. The summed E-state index contributed by atoms with van der Waals surface area (Å²) in [6, 6.07) is -0.632. The average Bonchev–Trinajstić information content (AvgIpc) is 2.66. The van der Waals surface area contributed by atoms with Crippen molar-refractivity contribution in [3.8, 4) is 0 Å². The number of carboxylic acids is 2. The van der Waals surface area contributed by atoms with Gasteiger partial charge in [-0.25, -0.2) is 0 Å². The van der Waals surface area contributed by atoms with E-state index in [1.54, 1.807) is 14.7 Å². The van der Waals surface area contributed by atoms with E-state index in [-0.39, 0.29) is 59.1 Å². The first-order valence-corrected chi connectivity index (χ1v) is 10.4. The van der Waals surface area contributed by atoms with Crippen molar-refractivity contribution in [1.82, 2.24) is 19.6 Å². The van der Waals surface area contributed by atoms with Gasteiger partial charge in [-0.1, -0.05) is 6.10 Å². The number of hydrogen-bond acceptors (Lipinski definition) is 10. The van der Waals surface area contributed by atoms with Gasteiger partial charge in [0.1, 0.15) is 0 Å². The molecule has 2 atom stereocenters. The van der Waals surface area contributed by atoms with Gasteiger partial charge < -0.3 is 30.3 Å². The Kier molecular flexibility index (Phi) is 16.6. The van der Waals surface area contributed by atoms with Gasteiger partial charge in [-0.2, -0.15) is 0 Å². The van der Waals surface area contributed by atoms with Crippen LogP contribution < -0.4 is 10.2 Å². The fourth-order valence-corrected chi connectivity index (χ4v) is 3.65. The summed E-state index contributed by atoms with van der Waals surface area (Å²) in [7, 11) is 0. The van der Waals surface area contributed by atoms with E-state index < -0.39 is 37.3 Å². The summed E-state index contributed by atoms with van der Waals surface area (Å²) in [5.41, 5.74) is 0. The summed E-state index contributed by atoms with van der Waals surface area (Å²) < 4.78 is 0. The van der Waals surface area contributed by atoms with Gasteiger partial charge >= 0.3 is 45.9 Å². The Labute approximate surface area is 216 Å². The molecular weight excluding hydrogens is 553 g/mol. The fourth-order valence-electron chi connectivity index (χ4n) is 3.65. The molecule has 1 radical (unpaired) electrons. The molecule has 11 nitrogen and oxygen atoms in total. The second-order valence-electron chi connectivity index (χ2n) is 7.95. The third-order valence-corrected chi connectivity index (χ3v) is 5.52. The Bertz CT molecular complexity index is 497. The van der Waals surface area contributed by atoms with Crippen molar-refractivity contribution in [2.24, 2.45) is 0 Å². The number of carboxylic acid groups (broad SMARTS) is 2. The Morgan fingerprint density at radius 2 is 1.29 bits per heavy atom. The molecule has 0 unspecified atom stereocenters. The van der Waals surface area contributed by atoms with Gasteiger partial charge in [0.25, 0.3) is 0 Å². The molecule has 1 saturated heterocycles. The van der Waals surface area contributed by atoms with Crippen molar-refractivity contribution in [2.45, 2.75) is 32.0 Å². The molecule has 0 aromatic heterocycles. The van der Waals surface area contributed by atoms with Gasteiger partial charge in [0.05, 0.1) is 19.1 Å². The molecule has 0 bridgehead atoms. The third-order valence-electron chi connectivity index (χ3n) is 5.52. The van der Waals surface area contributed by atoms with Gasteiger partial charge in [-0.3, -0.25) is 24.4 Å². The molecule has 31 heavy (non-hydrogen) atoms. The molecule has 0 saturated carbocycles. The summed E-state index contributed by atoms with van der Waals surface area (Å²) in [6.45, 7) is 6.15. The predicted octanol–water partition coefficient (Wildman–Crippen LogP) is -4.47. The van der Waals surface area contributed by atoms with E-state index in [2.05, 4.69) is 4.90 Å². The van der Waals surface area contributed by atoms with E-state index in [9.17, 15) is 35.1 Å². The average molecular weight is 590 g/mol. The number of carbonyl (C=O) groups excluding carboxylic acids is 1. The van der Waals surface area contributed by atoms with Gasteiger partial charge in [-0.05, 0) is 13.8 Å². The van der Waals surface area contributed by atoms with Crippen LogP contribution in [0.15, 0.2) is 0 Å². The zero-order valence-corrected chi connectivity index (χ0v) is 20.6. The molecule has 0 aromatic carbocycles. The van der Waals surface area contributed by atoms with Gasteiger partial charge in [0.15, 0.2) is 0 Å². The molecule has 1 heterocycles. The maximum Gasteiger partial charge on any atom is 3.00 e. The summed E-state index contributed by atoms with van der Waals surface area (Å²) >= 11 is 0. The van der Waals surface area contributed by atoms with Crippen LogP contribution in [0.3, 0.4) is 0 Å². The number of aliphatic hydroxyl groups excluding tert-OH is 2. The topological polar surface area (TPSA) is 154 Å². The smallest absolute Gasteiger partial charge is 0.849 e. The van der Waals surface area contributed by atoms with Crippen LogP contribution >= 0.6 is 0 Å². The number of aliphatic hydroxyl groups is 2. The molecule has 1 aliphatic heterocycles. The van der Waals surface area contributed by atoms with Crippen molar-refractivity contribution in [3.63, 3.8) is 0 Å². The first-order chi connectivity index (χ1) is 14.2. The van der Waals surface area contributed by atoms with E-state index in [0.29, 0.717) is 52.4 Å². The Morgan fingerprint density at radius 3 is 1.65 bits per heavy atom. The molecule has 0 aliphatic carbocycles. The minimum Gasteiger partial charge on any atom is -0.849 e. The van der Waals surface area contributed by atoms with Crippen LogP contribution in [0.25, 0.3) is 0 Å². The van der Waals surface area contributed by atoms with Gasteiger partial charge in [0.2, 0.25) is 0 Å². The predicted molar refractivity (Wildman–Crippen MR) is 106 cm³/mol. The van der Waals surface area contributed by atoms with Crippen LogP contribution in [0.4, 0.5) is 0 Å². The number of aliphatic carboxylic acids is 2. The van der Waals surface area contributed by atoms with Crippen molar-refractivity contribution < 1.29 is 75.1 Å². The van der Waals surface area contributed by atoms with Crippen LogP contribution in [0.1, 0.15) is 13.8 Å². The molecular formula is C19H36GdN4O7+. The minimum atomic E-state index is -1.41. The monoisotopic (exact) mass is 590 g/mol. The number of rotatable bonds is 9. The molecule has 0 spiro atoms. The molecule has 181 valence electrons. The molecule has 0 aromatic rings. The van der Waals surface area contributed by atoms with Crippen LogP contribution in [0.2, 0.25) is 0 Å². The zero-order valence-electron chi connectivity index (χ0n) is 18.3. The van der Waals surface area contributed by atoms with E-state index in [1.807, 2.05) is 13.8 Å². The van der Waals surface area contributed by atoms with E-state index >= 15 is 0 Å². The second-order valence-corrected chi connectivity index (χ2v) is 7.95. The largest absolute Gasteiger partial charge is 3.00 e. The molecule has 1 fully saturated rings. The minimum absolute atomic E-state index is 0. The van der Waals surface area contributed by atoms with Crippen molar-refractivity contribution in [2.75, 3.05) is 78.7 Å². The van der Waals surface area contributed by atoms with Crippen LogP contribution in [0.5, 0.6) is 0 Å². The number of hydrogen-bond donors (Lipinski definition) is 3. The normalized spacial score (nSPS) is 21.0. The standard InChI is InChI=1S/C19H37N4O7.Gd/c1-15(2)22-7-3-20(11-18(27)28)5-9-23(16(13-24)17(26)14-25)10-6-21(4-8-22)12-19(29)30;/h15-17,24-25H,3-14H2,1-2H3,(H,27,28)(H,29,30);/q-1;+3/p-1/t16-,17-;/m0./s1. The van der Waals surface area contributed by atoms with Gasteiger partial charge in [0, 0.05) is 77.6 Å². The Morgan fingerprint density at radius 1 is 0.839 bits per heavy atom. The maximum absolute atomic E-state index is 12.2. The van der Waals surface area contributed by atoms with Crippen molar-refractivity contribution >= 4 is 11.9 Å². The Balaban J connectivity index is 0.00000900. The number of nitrogens with zero attached hydrogens (tertiary/aromatic N) is 4. The van der Waals surface area contributed by atoms with Gasteiger partial charge in [-0.15, -0.1) is 0 Å².